The van der Waals surface area contributed by atoms with Crippen molar-refractivity contribution in [1.29, 1.82) is 0 Å². The molecule has 0 aliphatic rings. The van der Waals surface area contributed by atoms with Crippen molar-refractivity contribution in [2.24, 2.45) is 0 Å². The van der Waals surface area contributed by atoms with Gasteiger partial charge in [0.05, 0.1) is 19.1 Å². The standard InChI is InChI=1S/C19H18NO4PS2/c1-11-7-14(8-17(24-4)12(11)2)19-15(10-20-26-19)13-5-6-16(23-3)18(9-13)27-25(21)22/h5-10H,1-4H3/p+1. The first-order valence-corrected chi connectivity index (χ1v) is 11.5. The van der Waals surface area contributed by atoms with Crippen LogP contribution in [0.15, 0.2) is 41.4 Å². The van der Waals surface area contributed by atoms with Gasteiger partial charge in [0, 0.05) is 11.8 Å². The fraction of sp³-hybridized carbons (Fsp3) is 0.211. The van der Waals surface area contributed by atoms with Gasteiger partial charge in [0.2, 0.25) is 11.4 Å². The van der Waals surface area contributed by atoms with Gasteiger partial charge in [-0.25, -0.2) is 0 Å². The predicted molar refractivity (Wildman–Crippen MR) is 111 cm³/mol. The molecule has 0 spiro atoms. The van der Waals surface area contributed by atoms with Crippen LogP contribution in [-0.4, -0.2) is 23.5 Å². The number of hydrogen-bond acceptors (Lipinski definition) is 6. The van der Waals surface area contributed by atoms with Crippen molar-refractivity contribution in [3.63, 3.8) is 0 Å². The number of methoxy groups -OCH3 is 2. The van der Waals surface area contributed by atoms with Gasteiger partial charge >= 0.3 is 7.23 Å². The number of hydrogen-bond donors (Lipinski definition) is 1. The molecule has 0 bridgehead atoms. The van der Waals surface area contributed by atoms with E-state index >= 15 is 0 Å². The van der Waals surface area contributed by atoms with Crippen LogP contribution in [0.2, 0.25) is 0 Å². The SMILES string of the molecule is COc1ccc(-c2cnsc2-c2cc(C)c(C)c(OC)c2)cc1S[P+](=O)O. The maximum Gasteiger partial charge on any atom is 0.588 e. The van der Waals surface area contributed by atoms with Crippen LogP contribution in [0.25, 0.3) is 21.6 Å². The summed E-state index contributed by atoms with van der Waals surface area (Å²) in [5, 5.41) is 0. The van der Waals surface area contributed by atoms with Gasteiger partial charge in [-0.2, -0.15) is 9.27 Å². The zero-order chi connectivity index (χ0) is 19.6. The summed E-state index contributed by atoms with van der Waals surface area (Å²) in [5.74, 6) is 1.41. The largest absolute Gasteiger partial charge is 0.588 e. The molecule has 140 valence electrons. The van der Waals surface area contributed by atoms with Gasteiger partial charge in [-0.1, -0.05) is 12.1 Å². The van der Waals surface area contributed by atoms with Crippen molar-refractivity contribution < 1.29 is 18.9 Å². The van der Waals surface area contributed by atoms with E-state index in [0.717, 1.165) is 49.8 Å². The van der Waals surface area contributed by atoms with E-state index < -0.39 is 7.23 Å². The molecule has 27 heavy (non-hydrogen) atoms. The molecule has 3 aromatic rings. The number of nitrogens with zero attached hydrogens (tertiary/aromatic N) is 1. The first kappa shape index (κ1) is 19.8. The monoisotopic (exact) mass is 420 g/mol. The molecule has 1 unspecified atom stereocenters. The lowest BCUT2D eigenvalue weighted by Gasteiger charge is -2.12. The Balaban J connectivity index is 2.11. The van der Waals surface area contributed by atoms with Crippen LogP contribution in [-0.2, 0) is 4.57 Å². The van der Waals surface area contributed by atoms with Crippen LogP contribution in [0.1, 0.15) is 11.1 Å². The lowest BCUT2D eigenvalue weighted by atomic mass is 9.99. The smallest absolute Gasteiger partial charge is 0.496 e. The normalized spacial score (nSPS) is 11.4. The number of benzene rings is 2. The highest BCUT2D eigenvalue weighted by molar-refractivity contribution is 8.50. The lowest BCUT2D eigenvalue weighted by molar-refractivity contribution is 0.405. The first-order chi connectivity index (χ1) is 12.9. The average Bonchev–Trinajstić information content (AvgIpc) is 3.13. The van der Waals surface area contributed by atoms with Crippen LogP contribution in [0.4, 0.5) is 0 Å². The van der Waals surface area contributed by atoms with Crippen molar-refractivity contribution >= 4 is 30.1 Å². The second-order valence-electron chi connectivity index (χ2n) is 5.88. The molecule has 0 aliphatic heterocycles. The van der Waals surface area contributed by atoms with Gasteiger partial charge in [-0.3, -0.25) is 0 Å². The Bertz CT molecular complexity index is 1000. The molecule has 1 atom stereocenters. The molecule has 8 heteroatoms. The number of aromatic nitrogens is 1. The van der Waals surface area contributed by atoms with Crippen LogP contribution in [0, 0.1) is 13.8 Å². The van der Waals surface area contributed by atoms with E-state index in [9.17, 15) is 9.46 Å². The molecule has 0 fully saturated rings. The molecule has 3 rings (SSSR count). The minimum Gasteiger partial charge on any atom is -0.496 e. The summed E-state index contributed by atoms with van der Waals surface area (Å²) in [6, 6.07) is 9.73. The van der Waals surface area contributed by atoms with Crippen molar-refractivity contribution in [2.45, 2.75) is 18.7 Å². The van der Waals surface area contributed by atoms with Gasteiger partial charge < -0.3 is 9.47 Å². The highest BCUT2D eigenvalue weighted by Gasteiger charge is 2.21. The van der Waals surface area contributed by atoms with Gasteiger partial charge in [-0.05, 0) is 70.4 Å². The number of rotatable bonds is 6. The minimum absolute atomic E-state index is 0.568. The molecule has 0 saturated heterocycles. The van der Waals surface area contributed by atoms with E-state index in [2.05, 4.69) is 17.4 Å². The molecule has 1 N–H and O–H groups in total. The van der Waals surface area contributed by atoms with Crippen molar-refractivity contribution in [2.75, 3.05) is 14.2 Å². The molecule has 1 aromatic heterocycles. The molecule has 0 saturated carbocycles. The third-order valence-electron chi connectivity index (χ3n) is 4.32. The summed E-state index contributed by atoms with van der Waals surface area (Å²) in [4.78, 5) is 10.9. The summed E-state index contributed by atoms with van der Waals surface area (Å²) in [7, 11) is 0.835. The fourth-order valence-corrected chi connectivity index (χ4v) is 5.10. The van der Waals surface area contributed by atoms with Crippen molar-refractivity contribution in [1.82, 2.24) is 4.37 Å². The van der Waals surface area contributed by atoms with E-state index in [1.807, 2.05) is 31.3 Å². The Kier molecular flexibility index (Phi) is 6.17. The number of ether oxygens (including phenoxy) is 2. The third kappa shape index (κ3) is 4.17. The van der Waals surface area contributed by atoms with Gasteiger partial charge in [0.1, 0.15) is 16.4 Å². The number of aryl methyl sites for hydroxylation is 1. The molecule has 0 aliphatic carbocycles. The maximum absolute atomic E-state index is 11.3. The van der Waals surface area contributed by atoms with E-state index in [-0.39, 0.29) is 0 Å². The van der Waals surface area contributed by atoms with E-state index in [4.69, 9.17) is 9.47 Å². The summed E-state index contributed by atoms with van der Waals surface area (Å²) >= 11 is 2.29. The maximum atomic E-state index is 11.3. The van der Waals surface area contributed by atoms with E-state index in [1.54, 1.807) is 20.3 Å². The van der Waals surface area contributed by atoms with Gasteiger partial charge in [0.15, 0.2) is 0 Å². The topological polar surface area (TPSA) is 68.7 Å². The second-order valence-corrected chi connectivity index (χ2v) is 9.27. The van der Waals surface area contributed by atoms with Crippen LogP contribution >= 0.6 is 30.1 Å². The summed E-state index contributed by atoms with van der Waals surface area (Å²) < 4.78 is 26.5. The molecular formula is C19H19NO4PS2+. The van der Waals surface area contributed by atoms with E-state index in [1.165, 1.54) is 11.5 Å². The van der Waals surface area contributed by atoms with Crippen LogP contribution in [0.3, 0.4) is 0 Å². The Hall–Kier alpha value is -1.92. The average molecular weight is 420 g/mol. The zero-order valence-corrected chi connectivity index (χ0v) is 17.9. The van der Waals surface area contributed by atoms with Crippen LogP contribution < -0.4 is 9.47 Å². The molecule has 1 heterocycles. The highest BCUT2D eigenvalue weighted by atomic mass is 32.7. The fourth-order valence-electron chi connectivity index (χ4n) is 2.82. The zero-order valence-electron chi connectivity index (χ0n) is 15.3. The highest BCUT2D eigenvalue weighted by Crippen LogP contribution is 2.47. The van der Waals surface area contributed by atoms with Crippen molar-refractivity contribution in [3.05, 3.63) is 47.7 Å². The Morgan fingerprint density at radius 1 is 1.07 bits per heavy atom. The Labute approximate surface area is 167 Å². The quantitative estimate of drug-likeness (QED) is 0.504. The van der Waals surface area contributed by atoms with Crippen LogP contribution in [0.5, 0.6) is 11.5 Å². The predicted octanol–water partition coefficient (Wildman–Crippen LogP) is 5.85. The van der Waals surface area contributed by atoms with Gasteiger partial charge in [-0.15, -0.1) is 0 Å². The molecule has 0 radical (unpaired) electrons. The molecule has 0 amide bonds. The third-order valence-corrected chi connectivity index (χ3v) is 6.90. The summed E-state index contributed by atoms with van der Waals surface area (Å²) in [6.45, 7) is 4.09. The van der Waals surface area contributed by atoms with Gasteiger partial charge in [0.25, 0.3) is 0 Å². The second kappa shape index (κ2) is 8.40. The lowest BCUT2D eigenvalue weighted by Crippen LogP contribution is -1.92. The minimum atomic E-state index is -2.38. The molecular weight excluding hydrogens is 401 g/mol. The summed E-state index contributed by atoms with van der Waals surface area (Å²) in [5.41, 5.74) is 5.17. The molecule has 2 aromatic carbocycles. The first-order valence-electron chi connectivity index (χ1n) is 8.07. The van der Waals surface area contributed by atoms with Crippen molar-refractivity contribution in [3.8, 4) is 33.1 Å². The molecule has 5 nitrogen and oxygen atoms in total. The Morgan fingerprint density at radius 2 is 1.81 bits per heavy atom. The summed E-state index contributed by atoms with van der Waals surface area (Å²) in [6.07, 6.45) is 1.82. The van der Waals surface area contributed by atoms with E-state index in [0.29, 0.717) is 10.6 Å². The Morgan fingerprint density at radius 3 is 2.48 bits per heavy atom.